The lowest BCUT2D eigenvalue weighted by Crippen LogP contribution is -2.74. The van der Waals surface area contributed by atoms with Gasteiger partial charge < -0.3 is 20.7 Å². The molecular formula is C25H26N2O9. The standard InChI is InChI=1S/C25H26N2O9/c1-27(2)19-13-9-11-8-12-10(5-7-15(29)36-3)4-6-14(28)17(12)20(30)16(11)22(32)25(13,35)23(33)18(21(19)31)24(26)34/h4-7,11,13,16,18-19,28,35H,8-9H2,1-3H3,(H2,26,34)/b7-5+. The van der Waals surface area contributed by atoms with Crippen molar-refractivity contribution >= 4 is 41.1 Å². The van der Waals surface area contributed by atoms with Crippen LogP contribution in [0.5, 0.6) is 5.75 Å². The summed E-state index contributed by atoms with van der Waals surface area (Å²) < 4.78 is 4.59. The molecule has 11 nitrogen and oxygen atoms in total. The molecule has 1 amide bonds. The Labute approximate surface area is 205 Å². The van der Waals surface area contributed by atoms with E-state index < -0.39 is 76.1 Å². The molecule has 0 heterocycles. The van der Waals surface area contributed by atoms with Gasteiger partial charge in [0.15, 0.2) is 34.7 Å². The molecule has 3 aliphatic rings. The summed E-state index contributed by atoms with van der Waals surface area (Å²) in [6.45, 7) is 0. The first-order chi connectivity index (χ1) is 16.9. The second kappa shape index (κ2) is 8.75. The molecule has 2 fully saturated rings. The molecule has 11 heteroatoms. The molecule has 0 aliphatic heterocycles. The largest absolute Gasteiger partial charge is 0.507 e. The van der Waals surface area contributed by atoms with Crippen LogP contribution >= 0.6 is 0 Å². The highest BCUT2D eigenvalue weighted by Gasteiger charge is 2.69. The van der Waals surface area contributed by atoms with Crippen LogP contribution in [0.4, 0.5) is 0 Å². The SMILES string of the molecule is COC(=O)/C=C/c1ccc(O)c2c1CC1CC3C(N(C)C)C(=O)C(C(N)=O)C(=O)C3(O)C(=O)C1C2=O. The zero-order chi connectivity index (χ0) is 26.7. The van der Waals surface area contributed by atoms with Crippen molar-refractivity contribution in [3.63, 3.8) is 0 Å². The van der Waals surface area contributed by atoms with Crippen molar-refractivity contribution in [1.82, 2.24) is 4.90 Å². The molecule has 4 rings (SSSR count). The van der Waals surface area contributed by atoms with Gasteiger partial charge in [-0.3, -0.25) is 28.9 Å². The third kappa shape index (κ3) is 3.49. The summed E-state index contributed by atoms with van der Waals surface area (Å²) in [4.78, 5) is 78.6. The van der Waals surface area contributed by atoms with Gasteiger partial charge in [0.2, 0.25) is 5.91 Å². The van der Waals surface area contributed by atoms with Gasteiger partial charge in [0, 0.05) is 12.0 Å². The Morgan fingerprint density at radius 2 is 1.83 bits per heavy atom. The average molecular weight is 498 g/mol. The minimum atomic E-state index is -2.77. The third-order valence-corrected chi connectivity index (χ3v) is 7.58. The molecule has 0 aromatic heterocycles. The summed E-state index contributed by atoms with van der Waals surface area (Å²) in [6, 6.07) is 1.58. The number of fused-ring (bicyclic) bond motifs is 3. The van der Waals surface area contributed by atoms with Gasteiger partial charge in [0.1, 0.15) is 5.75 Å². The van der Waals surface area contributed by atoms with Crippen LogP contribution in [-0.2, 0) is 35.1 Å². The van der Waals surface area contributed by atoms with E-state index in [0.29, 0.717) is 11.1 Å². The predicted octanol–water partition coefficient (Wildman–Crippen LogP) is -0.947. The van der Waals surface area contributed by atoms with E-state index in [1.165, 1.54) is 44.3 Å². The number of Topliss-reactive ketones (excluding diaryl/α,β-unsaturated/α-hetero) is 4. The molecule has 0 spiro atoms. The van der Waals surface area contributed by atoms with E-state index in [1.54, 1.807) is 0 Å². The fourth-order valence-corrected chi connectivity index (χ4v) is 6.01. The Kier molecular flexibility index (Phi) is 6.17. The van der Waals surface area contributed by atoms with E-state index in [9.17, 15) is 39.0 Å². The monoisotopic (exact) mass is 498 g/mol. The molecule has 2 saturated carbocycles. The second-order valence-electron chi connectivity index (χ2n) is 9.67. The predicted molar refractivity (Wildman–Crippen MR) is 122 cm³/mol. The average Bonchev–Trinajstić information content (AvgIpc) is 2.80. The summed E-state index contributed by atoms with van der Waals surface area (Å²) >= 11 is 0. The van der Waals surface area contributed by atoms with Crippen LogP contribution in [0.1, 0.15) is 27.9 Å². The Bertz CT molecular complexity index is 1250. The lowest BCUT2D eigenvalue weighted by atomic mass is 9.52. The first-order valence-corrected chi connectivity index (χ1v) is 11.3. The molecule has 4 N–H and O–H groups in total. The second-order valence-corrected chi connectivity index (χ2v) is 9.67. The lowest BCUT2D eigenvalue weighted by Gasteiger charge is -2.52. The first-order valence-electron chi connectivity index (χ1n) is 11.3. The number of aromatic hydroxyl groups is 1. The van der Waals surface area contributed by atoms with Gasteiger partial charge in [-0.1, -0.05) is 6.07 Å². The summed E-state index contributed by atoms with van der Waals surface area (Å²) in [7, 11) is 4.24. The van der Waals surface area contributed by atoms with Crippen molar-refractivity contribution in [2.24, 2.45) is 29.4 Å². The molecule has 3 aliphatic carbocycles. The molecule has 36 heavy (non-hydrogen) atoms. The number of esters is 1. The van der Waals surface area contributed by atoms with Gasteiger partial charge in [0.05, 0.1) is 24.6 Å². The summed E-state index contributed by atoms with van der Waals surface area (Å²) in [5.74, 6) is -11.7. The number of methoxy groups -OCH3 is 1. The van der Waals surface area contributed by atoms with Crippen molar-refractivity contribution in [1.29, 1.82) is 0 Å². The number of aliphatic hydroxyl groups is 1. The number of primary amides is 1. The number of amides is 1. The number of ether oxygens (including phenoxy) is 1. The molecule has 0 saturated heterocycles. The van der Waals surface area contributed by atoms with Crippen molar-refractivity contribution in [2.45, 2.75) is 24.5 Å². The van der Waals surface area contributed by atoms with Gasteiger partial charge in [0.25, 0.3) is 0 Å². The van der Waals surface area contributed by atoms with Gasteiger partial charge in [-0.25, -0.2) is 4.79 Å². The number of carbonyl (C=O) groups is 6. The first kappa shape index (κ1) is 25.4. The number of nitrogens with two attached hydrogens (primary N) is 1. The highest BCUT2D eigenvalue weighted by atomic mass is 16.5. The number of benzene rings is 1. The van der Waals surface area contributed by atoms with E-state index in [-0.39, 0.29) is 18.4 Å². The highest BCUT2D eigenvalue weighted by molar-refractivity contribution is 6.32. The van der Waals surface area contributed by atoms with Crippen LogP contribution in [0.3, 0.4) is 0 Å². The van der Waals surface area contributed by atoms with Gasteiger partial charge in [-0.05, 0) is 56.1 Å². The molecule has 190 valence electrons. The molecule has 0 radical (unpaired) electrons. The summed E-state index contributed by atoms with van der Waals surface area (Å²) in [5, 5.41) is 22.0. The Morgan fingerprint density at radius 1 is 1.17 bits per heavy atom. The normalized spacial score (nSPS) is 31.8. The molecule has 0 bridgehead atoms. The molecule has 1 aromatic carbocycles. The van der Waals surface area contributed by atoms with E-state index in [1.807, 2.05) is 0 Å². The summed E-state index contributed by atoms with van der Waals surface area (Å²) in [5.41, 5.74) is 3.22. The van der Waals surface area contributed by atoms with E-state index in [2.05, 4.69) is 4.74 Å². The zero-order valence-electron chi connectivity index (χ0n) is 19.9. The van der Waals surface area contributed by atoms with Crippen LogP contribution in [0.15, 0.2) is 18.2 Å². The van der Waals surface area contributed by atoms with E-state index >= 15 is 0 Å². The Morgan fingerprint density at radius 3 is 2.42 bits per heavy atom. The van der Waals surface area contributed by atoms with Crippen LogP contribution < -0.4 is 5.73 Å². The number of likely N-dealkylation sites (N-methyl/N-ethyl adjacent to an activating group) is 1. The number of carbonyl (C=O) groups excluding carboxylic acids is 6. The number of phenolic OH excluding ortho intramolecular Hbond substituents is 1. The Hall–Kier alpha value is -3.70. The lowest BCUT2D eigenvalue weighted by molar-refractivity contribution is -0.181. The Balaban J connectivity index is 1.85. The third-order valence-electron chi connectivity index (χ3n) is 7.58. The smallest absolute Gasteiger partial charge is 0.330 e. The van der Waals surface area contributed by atoms with Crippen LogP contribution in [0.25, 0.3) is 6.08 Å². The van der Waals surface area contributed by atoms with Crippen molar-refractivity contribution in [3.8, 4) is 5.75 Å². The molecule has 6 unspecified atom stereocenters. The van der Waals surface area contributed by atoms with Gasteiger partial charge >= 0.3 is 5.97 Å². The number of phenols is 1. The maximum atomic E-state index is 13.7. The minimum absolute atomic E-state index is 0.0558. The van der Waals surface area contributed by atoms with Crippen LogP contribution in [0, 0.1) is 23.7 Å². The fraction of sp³-hybridized carbons (Fsp3) is 0.440. The fourth-order valence-electron chi connectivity index (χ4n) is 6.01. The van der Waals surface area contributed by atoms with E-state index in [0.717, 1.165) is 6.08 Å². The quantitative estimate of drug-likeness (QED) is 0.266. The zero-order valence-corrected chi connectivity index (χ0v) is 19.9. The molecule has 1 aromatic rings. The number of nitrogens with zero attached hydrogens (tertiary/aromatic N) is 1. The van der Waals surface area contributed by atoms with Gasteiger partial charge in [-0.2, -0.15) is 0 Å². The molecular weight excluding hydrogens is 472 g/mol. The number of ketones is 4. The topological polar surface area (TPSA) is 181 Å². The maximum Gasteiger partial charge on any atom is 0.330 e. The number of rotatable bonds is 4. The molecule has 6 atom stereocenters. The van der Waals surface area contributed by atoms with Crippen LogP contribution in [0.2, 0.25) is 0 Å². The minimum Gasteiger partial charge on any atom is -0.507 e. The van der Waals surface area contributed by atoms with Crippen molar-refractivity contribution in [2.75, 3.05) is 21.2 Å². The van der Waals surface area contributed by atoms with Gasteiger partial charge in [-0.15, -0.1) is 0 Å². The van der Waals surface area contributed by atoms with Crippen molar-refractivity contribution < 1.29 is 43.7 Å². The summed E-state index contributed by atoms with van der Waals surface area (Å²) in [6.07, 6.45) is 2.62. The maximum absolute atomic E-state index is 13.7. The van der Waals surface area contributed by atoms with Crippen molar-refractivity contribution in [3.05, 3.63) is 34.9 Å². The number of hydrogen-bond donors (Lipinski definition) is 3. The van der Waals surface area contributed by atoms with Crippen LogP contribution in [-0.4, -0.2) is 83.0 Å². The van der Waals surface area contributed by atoms with E-state index in [4.69, 9.17) is 5.73 Å². The number of hydrogen-bond acceptors (Lipinski definition) is 10. The highest BCUT2D eigenvalue weighted by Crippen LogP contribution is 2.51.